The third kappa shape index (κ3) is 5.42. The molecule has 4 nitrogen and oxygen atoms in total. The summed E-state index contributed by atoms with van der Waals surface area (Å²) in [5.41, 5.74) is 0.132. The Hall–Kier alpha value is -1.99. The van der Waals surface area contributed by atoms with E-state index in [2.05, 4.69) is 11.8 Å². The van der Waals surface area contributed by atoms with Gasteiger partial charge in [-0.1, -0.05) is 29.5 Å². The van der Waals surface area contributed by atoms with E-state index in [1.807, 2.05) is 20.8 Å². The van der Waals surface area contributed by atoms with Gasteiger partial charge in [0.05, 0.1) is 30.8 Å². The summed E-state index contributed by atoms with van der Waals surface area (Å²) in [5, 5.41) is 0.302. The number of hydrogen-bond donors (Lipinski definition) is 0. The number of Topliss-reactive ketones (excluding diaryl/α,β-unsaturated/α-hetero) is 1. The van der Waals surface area contributed by atoms with Crippen LogP contribution in [0.5, 0.6) is 5.75 Å². The Morgan fingerprint density at radius 2 is 2.09 bits per heavy atom. The first-order valence-corrected chi connectivity index (χ1v) is 7.21. The van der Waals surface area contributed by atoms with E-state index >= 15 is 0 Å². The second-order valence-electron chi connectivity index (χ2n) is 5.80. The Morgan fingerprint density at radius 1 is 1.41 bits per heavy atom. The maximum atomic E-state index is 12.4. The Bertz CT molecular complexity index is 609. The van der Waals surface area contributed by atoms with E-state index in [-0.39, 0.29) is 29.9 Å². The topological polar surface area (TPSA) is 46.6 Å². The van der Waals surface area contributed by atoms with Crippen LogP contribution in [0.2, 0.25) is 5.02 Å². The number of rotatable bonds is 6. The number of carbonyl (C=O) groups is 2. The standard InChI is InChI=1S/C17H20ClNO3/c1-17(2,3)9-6-10-19(12-20)11-14(21)16-13(18)7-5-8-15(16)22-4/h5,7-8,12H,10-11H2,1-4H3. The van der Waals surface area contributed by atoms with Gasteiger partial charge in [0.2, 0.25) is 6.41 Å². The first kappa shape index (κ1) is 18.1. The molecule has 118 valence electrons. The molecule has 0 saturated carbocycles. The fourth-order valence-electron chi connectivity index (χ4n) is 1.75. The van der Waals surface area contributed by atoms with Gasteiger partial charge in [-0.3, -0.25) is 9.59 Å². The molecule has 0 atom stereocenters. The molecule has 0 radical (unpaired) electrons. The SMILES string of the molecule is COc1cccc(Cl)c1C(=O)CN(C=O)CC#CC(C)(C)C. The lowest BCUT2D eigenvalue weighted by Gasteiger charge is -2.15. The van der Waals surface area contributed by atoms with Crippen molar-refractivity contribution in [1.82, 2.24) is 4.90 Å². The predicted molar refractivity (Wildman–Crippen MR) is 87.2 cm³/mol. The van der Waals surface area contributed by atoms with Crippen LogP contribution in [0.4, 0.5) is 0 Å². The van der Waals surface area contributed by atoms with Gasteiger partial charge in [-0.15, -0.1) is 0 Å². The summed E-state index contributed by atoms with van der Waals surface area (Å²) in [6.07, 6.45) is 0.610. The zero-order valence-corrected chi connectivity index (χ0v) is 14.0. The van der Waals surface area contributed by atoms with Crippen molar-refractivity contribution in [2.45, 2.75) is 20.8 Å². The minimum absolute atomic E-state index is 0.0948. The van der Waals surface area contributed by atoms with Crippen molar-refractivity contribution in [2.75, 3.05) is 20.2 Å². The van der Waals surface area contributed by atoms with Crippen LogP contribution in [0, 0.1) is 17.3 Å². The number of methoxy groups -OCH3 is 1. The maximum Gasteiger partial charge on any atom is 0.210 e. The minimum Gasteiger partial charge on any atom is -0.496 e. The lowest BCUT2D eigenvalue weighted by atomic mass is 9.98. The van der Waals surface area contributed by atoms with Crippen LogP contribution in [-0.2, 0) is 4.79 Å². The molecular formula is C17H20ClNO3. The first-order valence-electron chi connectivity index (χ1n) is 6.83. The van der Waals surface area contributed by atoms with Crippen molar-refractivity contribution < 1.29 is 14.3 Å². The van der Waals surface area contributed by atoms with Crippen LogP contribution in [0.3, 0.4) is 0 Å². The molecule has 0 bridgehead atoms. The fourth-order valence-corrected chi connectivity index (χ4v) is 2.02. The maximum absolute atomic E-state index is 12.4. The van der Waals surface area contributed by atoms with Crippen LogP contribution < -0.4 is 4.74 Å². The summed E-state index contributed by atoms with van der Waals surface area (Å²) in [4.78, 5) is 24.8. The second-order valence-corrected chi connectivity index (χ2v) is 6.21. The molecular weight excluding hydrogens is 302 g/mol. The van der Waals surface area contributed by atoms with Crippen LogP contribution in [0.15, 0.2) is 18.2 Å². The molecule has 1 aromatic rings. The number of hydrogen-bond acceptors (Lipinski definition) is 3. The third-order valence-electron chi connectivity index (χ3n) is 2.72. The van der Waals surface area contributed by atoms with Gasteiger partial charge in [0.1, 0.15) is 5.75 Å². The zero-order valence-electron chi connectivity index (χ0n) is 13.3. The molecule has 0 spiro atoms. The molecule has 0 aliphatic heterocycles. The fraction of sp³-hybridized carbons (Fsp3) is 0.412. The number of amides is 1. The normalized spacial score (nSPS) is 10.4. The first-order chi connectivity index (χ1) is 10.3. The lowest BCUT2D eigenvalue weighted by molar-refractivity contribution is -0.117. The van der Waals surface area contributed by atoms with Crippen molar-refractivity contribution in [3.05, 3.63) is 28.8 Å². The van der Waals surface area contributed by atoms with Crippen molar-refractivity contribution in [1.29, 1.82) is 0 Å². The molecule has 0 fully saturated rings. The lowest BCUT2D eigenvalue weighted by Crippen LogP contribution is -2.29. The van der Waals surface area contributed by atoms with Gasteiger partial charge in [-0.05, 0) is 32.9 Å². The molecule has 5 heteroatoms. The van der Waals surface area contributed by atoms with Crippen LogP contribution in [0.25, 0.3) is 0 Å². The van der Waals surface area contributed by atoms with Crippen LogP contribution in [-0.4, -0.2) is 37.3 Å². The molecule has 1 aromatic carbocycles. The van der Waals surface area contributed by atoms with Crippen molar-refractivity contribution in [3.8, 4) is 17.6 Å². The van der Waals surface area contributed by atoms with E-state index in [0.29, 0.717) is 17.2 Å². The molecule has 1 amide bonds. The van der Waals surface area contributed by atoms with Crippen LogP contribution in [0.1, 0.15) is 31.1 Å². The average Bonchev–Trinajstić information content (AvgIpc) is 2.44. The Labute approximate surface area is 136 Å². The number of ether oxygens (including phenoxy) is 1. The van der Waals surface area contributed by atoms with Crippen LogP contribution >= 0.6 is 11.6 Å². The second kappa shape index (κ2) is 7.86. The van der Waals surface area contributed by atoms with Crippen molar-refractivity contribution in [3.63, 3.8) is 0 Å². The summed E-state index contributed by atoms with van der Waals surface area (Å²) in [6, 6.07) is 4.97. The van der Waals surface area contributed by atoms with Gasteiger partial charge in [-0.25, -0.2) is 0 Å². The highest BCUT2D eigenvalue weighted by Gasteiger charge is 2.18. The zero-order chi connectivity index (χ0) is 16.8. The highest BCUT2D eigenvalue weighted by atomic mass is 35.5. The van der Waals surface area contributed by atoms with Crippen molar-refractivity contribution >= 4 is 23.8 Å². The molecule has 0 N–H and O–H groups in total. The number of ketones is 1. The quantitative estimate of drug-likeness (QED) is 0.459. The number of benzene rings is 1. The molecule has 0 aromatic heterocycles. The Balaban J connectivity index is 2.86. The molecule has 22 heavy (non-hydrogen) atoms. The molecule has 1 rings (SSSR count). The minimum atomic E-state index is -0.285. The summed E-state index contributed by atoms with van der Waals surface area (Å²) in [5.74, 6) is 6.03. The van der Waals surface area contributed by atoms with Gasteiger partial charge in [0.25, 0.3) is 0 Å². The Kier molecular flexibility index (Phi) is 6.45. The van der Waals surface area contributed by atoms with Crippen molar-refractivity contribution in [2.24, 2.45) is 5.41 Å². The van der Waals surface area contributed by atoms with E-state index < -0.39 is 0 Å². The summed E-state index contributed by atoms with van der Waals surface area (Å²) < 4.78 is 5.15. The largest absolute Gasteiger partial charge is 0.496 e. The Morgan fingerprint density at radius 3 is 2.64 bits per heavy atom. The highest BCUT2D eigenvalue weighted by Crippen LogP contribution is 2.26. The monoisotopic (exact) mass is 321 g/mol. The van der Waals surface area contributed by atoms with Gasteiger partial charge in [-0.2, -0.15) is 0 Å². The van der Waals surface area contributed by atoms with Gasteiger partial charge in [0.15, 0.2) is 5.78 Å². The summed E-state index contributed by atoms with van der Waals surface area (Å²) >= 11 is 6.06. The van der Waals surface area contributed by atoms with E-state index in [4.69, 9.17) is 16.3 Å². The smallest absolute Gasteiger partial charge is 0.210 e. The summed E-state index contributed by atoms with van der Waals surface area (Å²) in [7, 11) is 1.47. The van der Waals surface area contributed by atoms with Gasteiger partial charge < -0.3 is 9.64 Å². The molecule has 0 unspecified atom stereocenters. The van der Waals surface area contributed by atoms with Gasteiger partial charge in [0, 0.05) is 5.41 Å². The van der Waals surface area contributed by atoms with E-state index in [0.717, 1.165) is 0 Å². The highest BCUT2D eigenvalue weighted by molar-refractivity contribution is 6.34. The van der Waals surface area contributed by atoms with E-state index in [1.54, 1.807) is 18.2 Å². The third-order valence-corrected chi connectivity index (χ3v) is 3.03. The number of carbonyl (C=O) groups excluding carboxylic acids is 2. The van der Waals surface area contributed by atoms with Gasteiger partial charge >= 0.3 is 0 Å². The predicted octanol–water partition coefficient (Wildman–Crippen LogP) is 3.04. The molecule has 0 aliphatic rings. The molecule has 0 heterocycles. The molecule has 0 aliphatic carbocycles. The number of nitrogens with zero attached hydrogens (tertiary/aromatic N) is 1. The average molecular weight is 322 g/mol. The van der Waals surface area contributed by atoms with E-state index in [1.165, 1.54) is 12.0 Å². The van der Waals surface area contributed by atoms with E-state index in [9.17, 15) is 9.59 Å². The number of halogens is 1. The summed E-state index contributed by atoms with van der Waals surface area (Å²) in [6.45, 7) is 6.03. The molecule has 0 saturated heterocycles.